The summed E-state index contributed by atoms with van der Waals surface area (Å²) < 4.78 is 17.2. The number of nitrogens with zero attached hydrogens (tertiary/aromatic N) is 1. The van der Waals surface area contributed by atoms with Gasteiger partial charge >= 0.3 is 0 Å². The first-order chi connectivity index (χ1) is 18.2. The van der Waals surface area contributed by atoms with Crippen molar-refractivity contribution in [2.75, 3.05) is 13.7 Å². The Balaban J connectivity index is 0.000000732. The number of hydrogen-bond donors (Lipinski definition) is 0. The molecule has 4 rings (SSSR count). The van der Waals surface area contributed by atoms with Crippen molar-refractivity contribution in [3.8, 4) is 17.2 Å². The Labute approximate surface area is 227 Å². The van der Waals surface area contributed by atoms with Gasteiger partial charge < -0.3 is 19.1 Å². The topological polar surface area (TPSA) is 48.0 Å². The maximum absolute atomic E-state index is 13.4. The summed E-state index contributed by atoms with van der Waals surface area (Å²) in [4.78, 5) is 15.3. The third kappa shape index (κ3) is 8.27. The van der Waals surface area contributed by atoms with Crippen LogP contribution in [0.1, 0.15) is 48.7 Å². The summed E-state index contributed by atoms with van der Waals surface area (Å²) in [5.74, 6) is 2.29. The molecule has 38 heavy (non-hydrogen) atoms. The van der Waals surface area contributed by atoms with Crippen molar-refractivity contribution in [1.82, 2.24) is 4.90 Å². The number of carbonyl (C=O) groups is 1. The molecular weight excluding hydrogens is 474 g/mol. The van der Waals surface area contributed by atoms with Crippen LogP contribution in [0, 0.1) is 0 Å². The van der Waals surface area contributed by atoms with E-state index in [9.17, 15) is 4.79 Å². The molecular formula is C33H39NO4. The van der Waals surface area contributed by atoms with Crippen molar-refractivity contribution in [2.24, 2.45) is 0 Å². The maximum atomic E-state index is 13.4. The summed E-state index contributed by atoms with van der Waals surface area (Å²) in [5, 5.41) is 0. The van der Waals surface area contributed by atoms with Crippen LogP contribution in [-0.2, 0) is 13.0 Å². The highest BCUT2D eigenvalue weighted by Crippen LogP contribution is 2.27. The molecule has 1 amide bonds. The summed E-state index contributed by atoms with van der Waals surface area (Å²) in [5.41, 5.74) is 2.84. The normalized spacial score (nSPS) is 14.3. The third-order valence-electron chi connectivity index (χ3n) is 5.98. The molecule has 1 unspecified atom stereocenters. The van der Waals surface area contributed by atoms with Gasteiger partial charge in [-0.1, -0.05) is 36.4 Å². The first-order valence-electron chi connectivity index (χ1n) is 12.9. The smallest absolute Gasteiger partial charge is 0.254 e. The van der Waals surface area contributed by atoms with Gasteiger partial charge in [-0.25, -0.2) is 0 Å². The van der Waals surface area contributed by atoms with E-state index in [1.807, 2.05) is 98.5 Å². The van der Waals surface area contributed by atoms with E-state index in [0.29, 0.717) is 18.7 Å². The van der Waals surface area contributed by atoms with E-state index < -0.39 is 0 Å². The molecule has 0 radical (unpaired) electrons. The quantitative estimate of drug-likeness (QED) is 0.297. The number of fused-ring (bicyclic) bond motifs is 1. The van der Waals surface area contributed by atoms with Gasteiger partial charge in [-0.05, 0) is 93.3 Å². The summed E-state index contributed by atoms with van der Waals surface area (Å²) in [6, 6.07) is 23.1. The molecule has 5 nitrogen and oxygen atoms in total. The number of carbonyl (C=O) groups excluding carboxylic acids is 1. The van der Waals surface area contributed by atoms with E-state index in [1.165, 1.54) is 11.1 Å². The van der Waals surface area contributed by atoms with Crippen molar-refractivity contribution in [3.05, 3.63) is 115 Å². The van der Waals surface area contributed by atoms with Crippen LogP contribution in [0.3, 0.4) is 0 Å². The molecule has 0 saturated heterocycles. The lowest BCUT2D eigenvalue weighted by atomic mass is 9.93. The molecule has 0 aliphatic carbocycles. The largest absolute Gasteiger partial charge is 0.497 e. The Morgan fingerprint density at radius 1 is 0.895 bits per heavy atom. The van der Waals surface area contributed by atoms with Gasteiger partial charge in [0.2, 0.25) is 0 Å². The molecule has 200 valence electrons. The number of rotatable bonds is 8. The van der Waals surface area contributed by atoms with Crippen LogP contribution in [0.5, 0.6) is 17.2 Å². The van der Waals surface area contributed by atoms with Gasteiger partial charge in [-0.2, -0.15) is 0 Å². The van der Waals surface area contributed by atoms with Gasteiger partial charge in [-0.15, -0.1) is 13.2 Å². The summed E-state index contributed by atoms with van der Waals surface area (Å²) in [6.45, 7) is 14.0. The predicted molar refractivity (Wildman–Crippen MR) is 154 cm³/mol. The lowest BCUT2D eigenvalue weighted by molar-refractivity contribution is 0.0566. The minimum Gasteiger partial charge on any atom is -0.497 e. The number of hydrogen-bond acceptors (Lipinski definition) is 4. The van der Waals surface area contributed by atoms with Crippen molar-refractivity contribution >= 4 is 5.91 Å². The highest BCUT2D eigenvalue weighted by Gasteiger charge is 2.31. The van der Waals surface area contributed by atoms with Crippen LogP contribution in [0.2, 0.25) is 0 Å². The van der Waals surface area contributed by atoms with Crippen LogP contribution < -0.4 is 14.2 Å². The van der Waals surface area contributed by atoms with E-state index in [-0.39, 0.29) is 17.6 Å². The zero-order valence-electron chi connectivity index (χ0n) is 23.0. The number of benzene rings is 3. The Kier molecular flexibility index (Phi) is 10.2. The average molecular weight is 514 g/mol. The van der Waals surface area contributed by atoms with Crippen LogP contribution >= 0.6 is 0 Å². The van der Waals surface area contributed by atoms with Crippen LogP contribution in [0.15, 0.2) is 98.1 Å². The summed E-state index contributed by atoms with van der Waals surface area (Å²) in [7, 11) is 1.62. The second-order valence-electron chi connectivity index (χ2n) is 10.1. The molecule has 5 heteroatoms. The van der Waals surface area contributed by atoms with Crippen LogP contribution in [-0.4, -0.2) is 36.2 Å². The van der Waals surface area contributed by atoms with Gasteiger partial charge in [0.1, 0.15) is 29.5 Å². The molecule has 1 aliphatic heterocycles. The van der Waals surface area contributed by atoms with Gasteiger partial charge in [0, 0.05) is 12.1 Å². The predicted octanol–water partition coefficient (Wildman–Crippen LogP) is 7.27. The molecule has 0 bridgehead atoms. The van der Waals surface area contributed by atoms with Crippen molar-refractivity contribution in [3.63, 3.8) is 0 Å². The minimum atomic E-state index is -0.250. The van der Waals surface area contributed by atoms with Crippen molar-refractivity contribution in [2.45, 2.75) is 51.8 Å². The lowest BCUT2D eigenvalue weighted by Gasteiger charge is -2.37. The van der Waals surface area contributed by atoms with E-state index in [4.69, 9.17) is 14.2 Å². The fourth-order valence-electron chi connectivity index (χ4n) is 4.14. The van der Waals surface area contributed by atoms with Crippen LogP contribution in [0.25, 0.3) is 0 Å². The van der Waals surface area contributed by atoms with Gasteiger partial charge in [0.15, 0.2) is 0 Å². The molecule has 1 atom stereocenters. The first-order valence-corrected chi connectivity index (χ1v) is 12.9. The molecule has 0 aromatic heterocycles. The molecule has 0 N–H and O–H groups in total. The van der Waals surface area contributed by atoms with E-state index in [0.717, 1.165) is 30.1 Å². The fourth-order valence-corrected chi connectivity index (χ4v) is 4.14. The Hall–Kier alpha value is -3.99. The average Bonchev–Trinajstić information content (AvgIpc) is 2.92. The highest BCUT2D eigenvalue weighted by molar-refractivity contribution is 5.94. The SMILES string of the molecule is C=CCC=C.COc1ccc(C(=O)N2Cc3ccccc3CC2COc2ccc(OC(C)(C)C)cc2)cc1. The minimum absolute atomic E-state index is 0.00492. The van der Waals surface area contributed by atoms with E-state index in [1.54, 1.807) is 7.11 Å². The molecule has 0 spiro atoms. The second-order valence-corrected chi connectivity index (χ2v) is 10.1. The van der Waals surface area contributed by atoms with Gasteiger partial charge in [0.25, 0.3) is 5.91 Å². The summed E-state index contributed by atoms with van der Waals surface area (Å²) in [6.07, 6.45) is 5.29. The van der Waals surface area contributed by atoms with E-state index in [2.05, 4.69) is 25.3 Å². The van der Waals surface area contributed by atoms with Crippen LogP contribution in [0.4, 0.5) is 0 Å². The second kappa shape index (κ2) is 13.5. The van der Waals surface area contributed by atoms with Gasteiger partial charge in [0.05, 0.1) is 13.2 Å². The molecule has 0 saturated carbocycles. The Morgan fingerprint density at radius 3 is 2.03 bits per heavy atom. The number of allylic oxidation sites excluding steroid dienone is 2. The molecule has 1 heterocycles. The number of amides is 1. The first kappa shape index (κ1) is 28.6. The number of ether oxygens (including phenoxy) is 3. The molecule has 3 aromatic carbocycles. The van der Waals surface area contributed by atoms with Gasteiger partial charge in [-0.3, -0.25) is 4.79 Å². The van der Waals surface area contributed by atoms with Crippen molar-refractivity contribution < 1.29 is 19.0 Å². The fraction of sp³-hybridized carbons (Fsp3) is 0.303. The highest BCUT2D eigenvalue weighted by atomic mass is 16.5. The third-order valence-corrected chi connectivity index (χ3v) is 5.98. The monoisotopic (exact) mass is 513 g/mol. The molecule has 3 aromatic rings. The Morgan fingerprint density at radius 2 is 1.47 bits per heavy atom. The lowest BCUT2D eigenvalue weighted by Crippen LogP contribution is -2.47. The maximum Gasteiger partial charge on any atom is 0.254 e. The summed E-state index contributed by atoms with van der Waals surface area (Å²) >= 11 is 0. The zero-order valence-corrected chi connectivity index (χ0v) is 23.0. The Bertz CT molecular complexity index is 1190. The molecule has 1 aliphatic rings. The van der Waals surface area contributed by atoms with Crippen molar-refractivity contribution in [1.29, 1.82) is 0 Å². The zero-order chi connectivity index (χ0) is 27.5. The number of methoxy groups -OCH3 is 1. The molecule has 0 fully saturated rings. The van der Waals surface area contributed by atoms with E-state index >= 15 is 0 Å². The standard InChI is InChI=1S/C28H31NO4.C5H8/c1-28(2,3)33-26-15-13-25(14-16-26)32-19-23-17-21-7-5-6-8-22(21)18-29(23)27(30)20-9-11-24(31-4)12-10-20;1-3-5-4-2/h5-16,23H,17-19H2,1-4H3;3-4H,1-2,5H2.